The Kier molecular flexibility index (Phi) is 23.0. The van der Waals surface area contributed by atoms with E-state index in [2.05, 4.69) is 111 Å². The molecule has 8 aromatic rings. The Morgan fingerprint density at radius 3 is 0.988 bits per heavy atom. The summed E-state index contributed by atoms with van der Waals surface area (Å²) in [5.41, 5.74) is -0.107. The number of benzene rings is 8. The van der Waals surface area contributed by atoms with E-state index in [0.717, 1.165) is 82.3 Å². The molecule has 2 atom stereocenters. The van der Waals surface area contributed by atoms with Gasteiger partial charge in [-0.2, -0.15) is 0 Å². The molecule has 8 aromatic carbocycles. The van der Waals surface area contributed by atoms with Crippen LogP contribution in [0, 0.1) is 21.7 Å². The molecule has 0 heterocycles. The zero-order chi connectivity index (χ0) is 64.1. The van der Waals surface area contributed by atoms with Gasteiger partial charge in [0.15, 0.2) is 0 Å². The maximum atomic E-state index is 12.6. The number of hydrogen-bond donors (Lipinski definition) is 0. The molecule has 0 spiro atoms. The van der Waals surface area contributed by atoms with E-state index in [4.69, 9.17) is 18.9 Å². The monoisotopic (exact) mass is 1160 g/mol. The average Bonchev–Trinajstić information content (AvgIpc) is 1.16. The molecular formula is C78H100O8. The van der Waals surface area contributed by atoms with Crippen LogP contribution in [0.5, 0.6) is 0 Å². The van der Waals surface area contributed by atoms with Crippen molar-refractivity contribution in [1.29, 1.82) is 0 Å². The Hall–Kier alpha value is -7.32. The first-order chi connectivity index (χ1) is 40.2. The highest BCUT2D eigenvalue weighted by Crippen LogP contribution is 2.40. The summed E-state index contributed by atoms with van der Waals surface area (Å²) in [4.78, 5) is 49.8. The van der Waals surface area contributed by atoms with Crippen LogP contribution in [0.3, 0.4) is 0 Å². The summed E-state index contributed by atoms with van der Waals surface area (Å²) in [5.74, 6) is -0.564. The number of hydrogen-bond acceptors (Lipinski definition) is 8. The molecule has 0 aliphatic heterocycles. The predicted molar refractivity (Wildman–Crippen MR) is 358 cm³/mol. The van der Waals surface area contributed by atoms with Gasteiger partial charge in [-0.3, -0.25) is 19.2 Å². The van der Waals surface area contributed by atoms with Crippen molar-refractivity contribution < 1.29 is 38.1 Å². The lowest BCUT2D eigenvalue weighted by Gasteiger charge is -2.34. The average molecular weight is 1170 g/mol. The molecule has 0 N–H and O–H groups in total. The van der Waals surface area contributed by atoms with Crippen molar-refractivity contribution in [3.05, 3.63) is 192 Å². The Labute approximate surface area is 515 Å². The Morgan fingerprint density at radius 1 is 0.279 bits per heavy atom. The highest BCUT2D eigenvalue weighted by molar-refractivity contribution is 5.89. The molecule has 86 heavy (non-hydrogen) atoms. The van der Waals surface area contributed by atoms with Gasteiger partial charge < -0.3 is 18.9 Å². The molecule has 2 unspecified atom stereocenters. The van der Waals surface area contributed by atoms with Crippen molar-refractivity contribution >= 4 is 67.0 Å². The number of ether oxygens (including phenoxy) is 4. The molecule has 0 aliphatic carbocycles. The van der Waals surface area contributed by atoms with E-state index >= 15 is 0 Å². The SMILES string of the molecule is CCC(C)(C)C(=O)OC(C)(C)c1ccc2ccccc2c1.CCC(C)(C)C(=O)OC(C)(C)c1cccc2ccccc12.CCC(C)(C)C(=O)OC(C)(CC)c1ccc2ccccc2c1.CCC(C)(C)C(=O)OC(C)(CC)c1cccc2ccccc12. The molecule has 0 bridgehead atoms. The van der Waals surface area contributed by atoms with Crippen LogP contribution in [0.4, 0.5) is 0 Å². The van der Waals surface area contributed by atoms with Gasteiger partial charge in [0.1, 0.15) is 22.4 Å². The molecule has 8 rings (SSSR count). The molecular weight excluding hydrogens is 1060 g/mol. The van der Waals surface area contributed by atoms with Crippen LogP contribution in [0.15, 0.2) is 170 Å². The van der Waals surface area contributed by atoms with Gasteiger partial charge in [-0.1, -0.05) is 199 Å². The summed E-state index contributed by atoms with van der Waals surface area (Å²) in [6.07, 6.45) is 4.55. The van der Waals surface area contributed by atoms with Crippen LogP contribution in [0.25, 0.3) is 43.1 Å². The number of carbonyl (C=O) groups is 4. The number of rotatable bonds is 18. The molecule has 0 amide bonds. The van der Waals surface area contributed by atoms with E-state index in [-0.39, 0.29) is 23.9 Å². The van der Waals surface area contributed by atoms with Gasteiger partial charge in [0, 0.05) is 11.1 Å². The standard InChI is InChI=1S/2C20H26O2.2C19H24O2/c1-6-19(3,4)18(21)22-20(5,7-2)17-14-10-12-15-11-8-9-13-16(15)17;1-6-19(3,4)18(21)22-20(5,7-2)17-13-12-15-10-8-9-11-16(15)14-17;1-6-18(2,3)17(20)21-19(4,5)16-13-9-11-14-10-7-8-12-15(14)16;1-6-18(2,3)17(20)21-19(4,5)16-12-11-14-9-7-8-10-15(14)13-16/h2*8-14H,6-7H2,1-5H3;2*7-13H,6H2,1-5H3. The normalized spacial score (nSPS) is 13.5. The van der Waals surface area contributed by atoms with E-state index in [9.17, 15) is 19.2 Å². The van der Waals surface area contributed by atoms with Crippen molar-refractivity contribution in [3.8, 4) is 0 Å². The van der Waals surface area contributed by atoms with Crippen molar-refractivity contribution in [2.45, 2.75) is 199 Å². The maximum absolute atomic E-state index is 12.6. The number of fused-ring (bicyclic) bond motifs is 4. The Morgan fingerprint density at radius 2 is 0.581 bits per heavy atom. The summed E-state index contributed by atoms with van der Waals surface area (Å²) in [6.45, 7) is 39.4. The second kappa shape index (κ2) is 28.5. The van der Waals surface area contributed by atoms with Crippen LogP contribution in [0.1, 0.15) is 199 Å². The summed E-state index contributed by atoms with van der Waals surface area (Å²) in [6, 6.07) is 57.7. The zero-order valence-electron chi connectivity index (χ0n) is 55.7. The lowest BCUT2D eigenvalue weighted by molar-refractivity contribution is -0.171. The topological polar surface area (TPSA) is 105 Å². The molecule has 0 saturated carbocycles. The minimum Gasteiger partial charge on any atom is -0.454 e. The van der Waals surface area contributed by atoms with Gasteiger partial charge in [0.2, 0.25) is 0 Å². The third-order valence-corrected chi connectivity index (χ3v) is 18.0. The third kappa shape index (κ3) is 17.0. The summed E-state index contributed by atoms with van der Waals surface area (Å²) in [5, 5.41) is 9.34. The van der Waals surface area contributed by atoms with Crippen LogP contribution < -0.4 is 0 Å². The zero-order valence-corrected chi connectivity index (χ0v) is 55.7. The highest BCUT2D eigenvalue weighted by atomic mass is 16.6. The van der Waals surface area contributed by atoms with Crippen LogP contribution in [-0.2, 0) is 60.5 Å². The number of esters is 4. The van der Waals surface area contributed by atoms with Crippen molar-refractivity contribution in [1.82, 2.24) is 0 Å². The van der Waals surface area contributed by atoms with Gasteiger partial charge in [0.05, 0.1) is 21.7 Å². The van der Waals surface area contributed by atoms with Gasteiger partial charge in [-0.15, -0.1) is 0 Å². The van der Waals surface area contributed by atoms with E-state index in [1.165, 1.54) is 21.5 Å². The molecule has 0 aliphatic rings. The Balaban J connectivity index is 0.000000209. The minimum atomic E-state index is -0.648. The summed E-state index contributed by atoms with van der Waals surface area (Å²) >= 11 is 0. The lowest BCUT2D eigenvalue weighted by Crippen LogP contribution is -2.35. The van der Waals surface area contributed by atoms with Crippen LogP contribution in [-0.4, -0.2) is 23.9 Å². The van der Waals surface area contributed by atoms with E-state index in [1.807, 2.05) is 197 Å². The summed E-state index contributed by atoms with van der Waals surface area (Å²) < 4.78 is 23.6. The Bertz CT molecular complexity index is 3570. The molecule has 0 fully saturated rings. The lowest BCUT2D eigenvalue weighted by atomic mass is 9.86. The maximum Gasteiger partial charge on any atom is 0.312 e. The predicted octanol–water partition coefficient (Wildman–Crippen LogP) is 21.0. The highest BCUT2D eigenvalue weighted by Gasteiger charge is 2.39. The van der Waals surface area contributed by atoms with Gasteiger partial charge in [-0.25, -0.2) is 0 Å². The van der Waals surface area contributed by atoms with Gasteiger partial charge >= 0.3 is 23.9 Å². The molecule has 0 radical (unpaired) electrons. The van der Waals surface area contributed by atoms with Crippen molar-refractivity contribution in [2.75, 3.05) is 0 Å². The molecule has 0 saturated heterocycles. The number of carbonyl (C=O) groups excluding carboxylic acids is 4. The van der Waals surface area contributed by atoms with E-state index in [0.29, 0.717) is 0 Å². The first-order valence-electron chi connectivity index (χ1n) is 31.1. The third-order valence-electron chi connectivity index (χ3n) is 18.0. The molecule has 0 aromatic heterocycles. The second-order valence-corrected chi connectivity index (χ2v) is 26.9. The fourth-order valence-corrected chi connectivity index (χ4v) is 9.29. The fourth-order valence-electron chi connectivity index (χ4n) is 9.29. The quantitative estimate of drug-likeness (QED) is 0.0618. The van der Waals surface area contributed by atoms with E-state index < -0.39 is 44.1 Å². The molecule has 460 valence electrons. The molecule has 8 heteroatoms. The van der Waals surface area contributed by atoms with Crippen molar-refractivity contribution in [3.63, 3.8) is 0 Å². The minimum absolute atomic E-state index is 0.132. The van der Waals surface area contributed by atoms with Crippen molar-refractivity contribution in [2.24, 2.45) is 21.7 Å². The largest absolute Gasteiger partial charge is 0.454 e. The van der Waals surface area contributed by atoms with E-state index in [1.54, 1.807) is 0 Å². The van der Waals surface area contributed by atoms with Gasteiger partial charge in [0.25, 0.3) is 0 Å². The van der Waals surface area contributed by atoms with Crippen LogP contribution in [0.2, 0.25) is 0 Å². The van der Waals surface area contributed by atoms with Crippen LogP contribution >= 0.6 is 0 Å². The molecule has 8 nitrogen and oxygen atoms in total. The first kappa shape index (κ1) is 69.5. The van der Waals surface area contributed by atoms with Gasteiger partial charge in [-0.05, 0) is 202 Å². The fraction of sp³-hybridized carbons (Fsp3) is 0.436. The first-order valence-corrected chi connectivity index (χ1v) is 31.1. The second-order valence-electron chi connectivity index (χ2n) is 26.9. The smallest absolute Gasteiger partial charge is 0.312 e. The summed E-state index contributed by atoms with van der Waals surface area (Å²) in [7, 11) is 0.